The summed E-state index contributed by atoms with van der Waals surface area (Å²) in [5.41, 5.74) is 2.92. The van der Waals surface area contributed by atoms with Gasteiger partial charge in [0, 0.05) is 23.6 Å². The van der Waals surface area contributed by atoms with E-state index >= 15 is 0 Å². The van der Waals surface area contributed by atoms with Gasteiger partial charge in [-0.2, -0.15) is 0 Å². The molecule has 0 saturated carbocycles. The maximum atomic E-state index is 13.4. The lowest BCUT2D eigenvalue weighted by atomic mass is 9.97. The fourth-order valence-electron chi connectivity index (χ4n) is 4.23. The van der Waals surface area contributed by atoms with Crippen molar-refractivity contribution in [2.24, 2.45) is 0 Å². The van der Waals surface area contributed by atoms with Crippen LogP contribution in [0.4, 0.5) is 11.4 Å². The number of benzene rings is 3. The first-order valence-electron chi connectivity index (χ1n) is 9.75. The standard InChI is InChI=1S/C24H22N2O3/c1-17-16-24(19-12-14-20(28-2)15-13-19)26(29-24)22-11-7-6-10-21(22)25(17)23(27)18-8-4-3-5-9-18/h3-15,17H,16H2,1-2H3. The number of amides is 1. The summed E-state index contributed by atoms with van der Waals surface area (Å²) in [5.74, 6) is 0.804. The molecule has 2 unspecified atom stereocenters. The maximum Gasteiger partial charge on any atom is 0.258 e. The molecule has 1 fully saturated rings. The molecule has 0 aromatic heterocycles. The van der Waals surface area contributed by atoms with Gasteiger partial charge in [-0.25, -0.2) is 9.90 Å². The molecule has 0 aliphatic carbocycles. The number of hydroxylamine groups is 1. The van der Waals surface area contributed by atoms with Gasteiger partial charge in [0.1, 0.15) is 5.75 Å². The van der Waals surface area contributed by atoms with Crippen molar-refractivity contribution in [3.8, 4) is 5.75 Å². The van der Waals surface area contributed by atoms with Crippen molar-refractivity contribution in [1.82, 2.24) is 0 Å². The zero-order chi connectivity index (χ0) is 20.0. The number of rotatable bonds is 3. The number of carbonyl (C=O) groups is 1. The van der Waals surface area contributed by atoms with Gasteiger partial charge in [-0.3, -0.25) is 4.79 Å². The van der Waals surface area contributed by atoms with E-state index in [-0.39, 0.29) is 11.9 Å². The molecule has 0 spiro atoms. The number of para-hydroxylation sites is 2. The summed E-state index contributed by atoms with van der Waals surface area (Å²) in [6.07, 6.45) is 0.659. The number of ether oxygens (including phenoxy) is 1. The molecule has 146 valence electrons. The van der Waals surface area contributed by atoms with Crippen molar-refractivity contribution in [2.45, 2.75) is 25.1 Å². The number of hydrogen-bond acceptors (Lipinski definition) is 4. The molecule has 2 atom stereocenters. The molecule has 3 aromatic rings. The van der Waals surface area contributed by atoms with Gasteiger partial charge in [0.05, 0.1) is 18.5 Å². The minimum Gasteiger partial charge on any atom is -0.497 e. The molecule has 3 aromatic carbocycles. The van der Waals surface area contributed by atoms with Crippen LogP contribution in [-0.2, 0) is 10.6 Å². The monoisotopic (exact) mass is 386 g/mol. The van der Waals surface area contributed by atoms with E-state index < -0.39 is 5.72 Å². The van der Waals surface area contributed by atoms with Crippen molar-refractivity contribution in [3.05, 3.63) is 90.0 Å². The quantitative estimate of drug-likeness (QED) is 0.610. The lowest BCUT2D eigenvalue weighted by Gasteiger charge is -2.29. The number of nitrogens with zero attached hydrogens (tertiary/aromatic N) is 2. The van der Waals surface area contributed by atoms with Gasteiger partial charge in [0.15, 0.2) is 0 Å². The van der Waals surface area contributed by atoms with Gasteiger partial charge in [0.25, 0.3) is 5.91 Å². The van der Waals surface area contributed by atoms with E-state index in [1.807, 2.05) is 88.8 Å². The van der Waals surface area contributed by atoms with Gasteiger partial charge in [0.2, 0.25) is 5.72 Å². The van der Waals surface area contributed by atoms with Crippen LogP contribution in [-0.4, -0.2) is 19.1 Å². The van der Waals surface area contributed by atoms with Crippen LogP contribution in [0, 0.1) is 0 Å². The van der Waals surface area contributed by atoms with Gasteiger partial charge < -0.3 is 9.64 Å². The molecule has 0 N–H and O–H groups in total. The Kier molecular flexibility index (Phi) is 4.07. The molecule has 5 nitrogen and oxygen atoms in total. The SMILES string of the molecule is COc1ccc(C23CC(C)N(C(=O)c4ccccc4)c4ccccc4N2O3)cc1. The summed E-state index contributed by atoms with van der Waals surface area (Å²) >= 11 is 0. The Morgan fingerprint density at radius 2 is 1.62 bits per heavy atom. The molecule has 1 saturated heterocycles. The topological polar surface area (TPSA) is 45.1 Å². The van der Waals surface area contributed by atoms with Crippen LogP contribution in [0.3, 0.4) is 0 Å². The Morgan fingerprint density at radius 1 is 0.966 bits per heavy atom. The second-order valence-corrected chi connectivity index (χ2v) is 7.48. The number of methoxy groups -OCH3 is 1. The summed E-state index contributed by atoms with van der Waals surface area (Å²) in [4.78, 5) is 21.5. The molecule has 5 rings (SSSR count). The Bertz CT molecular complexity index is 1050. The van der Waals surface area contributed by atoms with Crippen molar-refractivity contribution >= 4 is 17.3 Å². The molecule has 29 heavy (non-hydrogen) atoms. The molecule has 2 aliphatic rings. The summed E-state index contributed by atoms with van der Waals surface area (Å²) in [6, 6.07) is 25.2. The minimum atomic E-state index is -0.576. The van der Waals surface area contributed by atoms with Crippen molar-refractivity contribution < 1.29 is 14.4 Å². The summed E-state index contributed by atoms with van der Waals surface area (Å²) in [7, 11) is 1.66. The second kappa shape index (κ2) is 6.64. The average Bonchev–Trinajstić information content (AvgIpc) is 3.50. The van der Waals surface area contributed by atoms with Crippen molar-refractivity contribution in [1.29, 1.82) is 0 Å². The van der Waals surface area contributed by atoms with E-state index in [0.717, 1.165) is 22.7 Å². The molecular formula is C24H22N2O3. The second-order valence-electron chi connectivity index (χ2n) is 7.48. The van der Waals surface area contributed by atoms with Crippen LogP contribution in [0.1, 0.15) is 29.3 Å². The summed E-state index contributed by atoms with van der Waals surface area (Å²) in [5, 5.41) is 1.93. The third kappa shape index (κ3) is 2.77. The van der Waals surface area contributed by atoms with E-state index in [1.54, 1.807) is 7.11 Å². The van der Waals surface area contributed by atoms with Gasteiger partial charge in [-0.15, -0.1) is 0 Å². The molecule has 2 aliphatic heterocycles. The van der Waals surface area contributed by atoms with Crippen molar-refractivity contribution in [2.75, 3.05) is 17.1 Å². The number of carbonyl (C=O) groups excluding carboxylic acids is 1. The van der Waals surface area contributed by atoms with Crippen LogP contribution in [0.2, 0.25) is 0 Å². The Labute approximate surface area is 170 Å². The first-order valence-corrected chi connectivity index (χ1v) is 9.75. The van der Waals surface area contributed by atoms with Crippen LogP contribution >= 0.6 is 0 Å². The van der Waals surface area contributed by atoms with E-state index in [4.69, 9.17) is 9.57 Å². The number of hydrogen-bond donors (Lipinski definition) is 0. The number of fused-ring (bicyclic) bond motifs is 3. The molecule has 0 radical (unpaired) electrons. The molecular weight excluding hydrogens is 364 g/mol. The highest BCUT2D eigenvalue weighted by Crippen LogP contribution is 2.56. The Balaban J connectivity index is 1.58. The fourth-order valence-corrected chi connectivity index (χ4v) is 4.23. The predicted octanol–water partition coefficient (Wildman–Crippen LogP) is 4.74. The van der Waals surface area contributed by atoms with Gasteiger partial charge in [-0.05, 0) is 43.3 Å². The lowest BCUT2D eigenvalue weighted by Crippen LogP contribution is -2.40. The van der Waals surface area contributed by atoms with Crippen LogP contribution in [0.15, 0.2) is 78.9 Å². The summed E-state index contributed by atoms with van der Waals surface area (Å²) < 4.78 is 5.30. The lowest BCUT2D eigenvalue weighted by molar-refractivity contribution is 0.0973. The van der Waals surface area contributed by atoms with Gasteiger partial charge >= 0.3 is 0 Å². The Hall–Kier alpha value is -3.31. The highest BCUT2D eigenvalue weighted by atomic mass is 16.9. The molecule has 0 bridgehead atoms. The van der Waals surface area contributed by atoms with Crippen LogP contribution in [0.5, 0.6) is 5.75 Å². The number of anilines is 2. The third-order valence-electron chi connectivity index (χ3n) is 5.69. The zero-order valence-corrected chi connectivity index (χ0v) is 16.4. The Morgan fingerprint density at radius 3 is 2.31 bits per heavy atom. The largest absolute Gasteiger partial charge is 0.497 e. The van der Waals surface area contributed by atoms with Gasteiger partial charge in [-0.1, -0.05) is 42.5 Å². The highest BCUT2D eigenvalue weighted by Gasteiger charge is 2.60. The van der Waals surface area contributed by atoms with E-state index in [1.165, 1.54) is 0 Å². The van der Waals surface area contributed by atoms with Crippen LogP contribution in [0.25, 0.3) is 0 Å². The fraction of sp³-hybridized carbons (Fsp3) is 0.208. The highest BCUT2D eigenvalue weighted by molar-refractivity contribution is 6.08. The van der Waals surface area contributed by atoms with Crippen molar-refractivity contribution in [3.63, 3.8) is 0 Å². The van der Waals surface area contributed by atoms with E-state index in [9.17, 15) is 4.79 Å². The van der Waals surface area contributed by atoms with E-state index in [0.29, 0.717) is 12.0 Å². The van der Waals surface area contributed by atoms with E-state index in [2.05, 4.69) is 6.92 Å². The smallest absolute Gasteiger partial charge is 0.258 e. The average molecular weight is 386 g/mol. The minimum absolute atomic E-state index is 0.00192. The normalized spacial score (nSPS) is 22.3. The predicted molar refractivity (Wildman–Crippen MR) is 112 cm³/mol. The zero-order valence-electron chi connectivity index (χ0n) is 16.4. The third-order valence-corrected chi connectivity index (χ3v) is 5.69. The molecule has 5 heteroatoms. The first-order chi connectivity index (χ1) is 14.1. The van der Waals surface area contributed by atoms with Crippen LogP contribution < -0.4 is 14.7 Å². The molecule has 2 heterocycles. The summed E-state index contributed by atoms with van der Waals surface area (Å²) in [6.45, 7) is 2.08. The maximum absolute atomic E-state index is 13.4. The molecule has 1 amide bonds. The first kappa shape index (κ1) is 17.8.